The SMILES string of the molecule is O=c1[nH]c(=O)n(C2CC(O)C(OP(=O)([O-])[O-])O2)cc1F. The molecular weight excluding hydrogens is 302 g/mol. The molecule has 12 heteroatoms. The van der Waals surface area contributed by atoms with Crippen LogP contribution in [0.5, 0.6) is 0 Å². The summed E-state index contributed by atoms with van der Waals surface area (Å²) < 4.78 is 32.9. The van der Waals surface area contributed by atoms with E-state index >= 15 is 0 Å². The largest absolute Gasteiger partial charge is 0.790 e. The summed E-state index contributed by atoms with van der Waals surface area (Å²) >= 11 is 0. The number of hydrogen-bond acceptors (Lipinski definition) is 8. The molecule has 1 saturated heterocycles. The summed E-state index contributed by atoms with van der Waals surface area (Å²) in [4.78, 5) is 44.8. The van der Waals surface area contributed by atoms with Gasteiger partial charge in [0.2, 0.25) is 5.82 Å². The molecule has 2 N–H and O–H groups in total. The van der Waals surface area contributed by atoms with E-state index in [9.17, 15) is 33.4 Å². The second-order valence-electron chi connectivity index (χ2n) is 3.96. The van der Waals surface area contributed by atoms with Gasteiger partial charge in [0.1, 0.15) is 12.3 Å². The van der Waals surface area contributed by atoms with Crippen LogP contribution in [0.2, 0.25) is 0 Å². The fourth-order valence-corrected chi connectivity index (χ4v) is 2.14. The molecule has 0 aromatic carbocycles. The van der Waals surface area contributed by atoms with Crippen molar-refractivity contribution in [3.63, 3.8) is 0 Å². The number of aromatic amines is 1. The minimum Gasteiger partial charge on any atom is -0.790 e. The van der Waals surface area contributed by atoms with E-state index in [1.165, 1.54) is 0 Å². The average Bonchev–Trinajstić information content (AvgIpc) is 2.63. The van der Waals surface area contributed by atoms with E-state index < -0.39 is 43.5 Å². The van der Waals surface area contributed by atoms with Crippen molar-refractivity contribution in [3.05, 3.63) is 32.9 Å². The molecule has 3 unspecified atom stereocenters. The van der Waals surface area contributed by atoms with E-state index in [2.05, 4.69) is 4.52 Å². The Morgan fingerprint density at radius 2 is 2.20 bits per heavy atom. The molecule has 1 fully saturated rings. The van der Waals surface area contributed by atoms with Crippen LogP contribution < -0.4 is 21.0 Å². The molecule has 20 heavy (non-hydrogen) atoms. The van der Waals surface area contributed by atoms with Crippen molar-refractivity contribution in [1.82, 2.24) is 9.55 Å². The maximum absolute atomic E-state index is 13.1. The first-order valence-corrected chi connectivity index (χ1v) is 6.68. The Balaban J connectivity index is 2.25. The third kappa shape index (κ3) is 3.20. The van der Waals surface area contributed by atoms with Gasteiger partial charge < -0.3 is 28.7 Å². The number of phosphoric ester groups is 1. The number of aliphatic hydroxyl groups excluding tert-OH is 1. The van der Waals surface area contributed by atoms with E-state index in [1.807, 2.05) is 0 Å². The van der Waals surface area contributed by atoms with Crippen molar-refractivity contribution in [2.75, 3.05) is 0 Å². The van der Waals surface area contributed by atoms with Gasteiger partial charge in [0, 0.05) is 6.42 Å². The van der Waals surface area contributed by atoms with E-state index in [0.717, 1.165) is 0 Å². The highest BCUT2D eigenvalue weighted by atomic mass is 31.2. The highest BCUT2D eigenvalue weighted by Crippen LogP contribution is 2.36. The number of hydrogen-bond donors (Lipinski definition) is 2. The standard InChI is InChI=1S/C8H10FN2O8P/c9-3-2-11(8(14)10-6(3)13)5-1-4(12)7(18-5)19-20(15,16)17/h2,4-5,7,12H,1H2,(H,10,13,14)(H2,15,16,17)/p-2. The molecule has 0 bridgehead atoms. The van der Waals surface area contributed by atoms with Crippen molar-refractivity contribution in [3.8, 4) is 0 Å². The lowest BCUT2D eigenvalue weighted by molar-refractivity contribution is -0.354. The van der Waals surface area contributed by atoms with Crippen molar-refractivity contribution in [1.29, 1.82) is 0 Å². The van der Waals surface area contributed by atoms with Gasteiger partial charge in [0.15, 0.2) is 6.29 Å². The van der Waals surface area contributed by atoms with Crippen LogP contribution in [0.4, 0.5) is 4.39 Å². The molecule has 1 aromatic heterocycles. The summed E-state index contributed by atoms with van der Waals surface area (Å²) in [5.41, 5.74) is -2.26. The molecule has 3 atom stereocenters. The lowest BCUT2D eigenvalue weighted by atomic mass is 10.2. The quantitative estimate of drug-likeness (QED) is 0.564. The van der Waals surface area contributed by atoms with Crippen LogP contribution in [0.1, 0.15) is 12.6 Å². The molecule has 0 amide bonds. The minimum absolute atomic E-state index is 0.337. The van der Waals surface area contributed by atoms with Crippen LogP contribution in [0.15, 0.2) is 15.8 Å². The Kier molecular flexibility index (Phi) is 3.91. The van der Waals surface area contributed by atoms with Gasteiger partial charge in [-0.05, 0) is 0 Å². The molecule has 1 aliphatic rings. The van der Waals surface area contributed by atoms with Crippen molar-refractivity contribution >= 4 is 7.82 Å². The average molecular weight is 310 g/mol. The van der Waals surface area contributed by atoms with Crippen molar-refractivity contribution < 1.29 is 33.1 Å². The summed E-state index contributed by atoms with van der Waals surface area (Å²) in [5.74, 6) is -1.27. The molecule has 1 aliphatic heterocycles. The van der Waals surface area contributed by atoms with Crippen LogP contribution in [0.25, 0.3) is 0 Å². The van der Waals surface area contributed by atoms with Gasteiger partial charge in [-0.2, -0.15) is 4.39 Å². The smallest absolute Gasteiger partial charge is 0.330 e. The third-order valence-electron chi connectivity index (χ3n) is 2.52. The summed E-state index contributed by atoms with van der Waals surface area (Å²) in [5, 5.41) is 9.47. The maximum atomic E-state index is 13.1. The summed E-state index contributed by atoms with van der Waals surface area (Å²) in [7, 11) is -5.40. The van der Waals surface area contributed by atoms with Gasteiger partial charge in [-0.15, -0.1) is 0 Å². The molecule has 10 nitrogen and oxygen atoms in total. The van der Waals surface area contributed by atoms with Crippen molar-refractivity contribution in [2.24, 2.45) is 0 Å². The second kappa shape index (κ2) is 5.20. The molecule has 112 valence electrons. The Morgan fingerprint density at radius 1 is 1.55 bits per heavy atom. The Labute approximate surface area is 109 Å². The molecular formula is C8H8FN2O8P-2. The zero-order valence-electron chi connectivity index (χ0n) is 9.59. The third-order valence-corrected chi connectivity index (χ3v) is 2.98. The first-order chi connectivity index (χ1) is 9.17. The number of phosphoric acid groups is 1. The van der Waals surface area contributed by atoms with Gasteiger partial charge in [0.05, 0.1) is 14.0 Å². The van der Waals surface area contributed by atoms with Gasteiger partial charge in [-0.3, -0.25) is 14.3 Å². The van der Waals surface area contributed by atoms with Gasteiger partial charge in [-0.1, -0.05) is 0 Å². The first-order valence-electron chi connectivity index (χ1n) is 5.22. The molecule has 0 aliphatic carbocycles. The molecule has 2 heterocycles. The van der Waals surface area contributed by atoms with Gasteiger partial charge >= 0.3 is 5.69 Å². The number of H-pyrrole nitrogens is 1. The number of nitrogens with zero attached hydrogens (tertiary/aromatic N) is 1. The highest BCUT2D eigenvalue weighted by molar-refractivity contribution is 7.43. The van der Waals surface area contributed by atoms with Crippen LogP contribution in [-0.2, 0) is 13.8 Å². The Bertz CT molecular complexity index is 665. The van der Waals surface area contributed by atoms with E-state index in [-0.39, 0.29) is 6.42 Å². The summed E-state index contributed by atoms with van der Waals surface area (Å²) in [6.07, 6.45) is -4.41. The number of aliphatic hydroxyl groups is 1. The Morgan fingerprint density at radius 3 is 2.80 bits per heavy atom. The predicted molar refractivity (Wildman–Crippen MR) is 54.5 cm³/mol. The fourth-order valence-electron chi connectivity index (χ4n) is 1.69. The van der Waals surface area contributed by atoms with Crippen LogP contribution in [0.3, 0.4) is 0 Å². The first kappa shape index (κ1) is 15.0. The Hall–Kier alpha value is -1.36. The van der Waals surface area contributed by atoms with E-state index in [0.29, 0.717) is 10.8 Å². The van der Waals surface area contributed by atoms with Crippen molar-refractivity contribution in [2.45, 2.75) is 25.0 Å². The van der Waals surface area contributed by atoms with Gasteiger partial charge in [-0.25, -0.2) is 4.79 Å². The summed E-state index contributed by atoms with van der Waals surface area (Å²) in [6, 6.07) is 0. The van der Waals surface area contributed by atoms with Gasteiger partial charge in [0.25, 0.3) is 5.56 Å². The molecule has 0 spiro atoms. The lowest BCUT2D eigenvalue weighted by Gasteiger charge is -2.32. The number of ether oxygens (including phenoxy) is 1. The maximum Gasteiger partial charge on any atom is 0.330 e. The molecule has 1 aromatic rings. The number of halogens is 1. The zero-order chi connectivity index (χ0) is 15.1. The van der Waals surface area contributed by atoms with Crippen LogP contribution in [-0.4, -0.2) is 27.1 Å². The van der Waals surface area contributed by atoms with Crippen LogP contribution in [0, 0.1) is 5.82 Å². The minimum atomic E-state index is -5.40. The zero-order valence-corrected chi connectivity index (χ0v) is 10.5. The molecule has 2 rings (SSSR count). The lowest BCUT2D eigenvalue weighted by Crippen LogP contribution is -2.34. The second-order valence-corrected chi connectivity index (χ2v) is 5.06. The number of aromatic nitrogens is 2. The normalized spacial score (nSPS) is 26.9. The molecule has 0 saturated carbocycles. The van der Waals surface area contributed by atoms with E-state index in [4.69, 9.17) is 4.74 Å². The number of rotatable bonds is 3. The highest BCUT2D eigenvalue weighted by Gasteiger charge is 2.37. The number of nitrogens with one attached hydrogen (secondary N) is 1. The summed E-state index contributed by atoms with van der Waals surface area (Å²) in [6.45, 7) is 0. The van der Waals surface area contributed by atoms with Crippen LogP contribution >= 0.6 is 7.82 Å². The molecule has 0 radical (unpaired) electrons. The topological polar surface area (TPSA) is 157 Å². The fraction of sp³-hybridized carbons (Fsp3) is 0.500. The van der Waals surface area contributed by atoms with E-state index in [1.54, 1.807) is 4.98 Å². The monoisotopic (exact) mass is 310 g/mol. The predicted octanol–water partition coefficient (Wildman–Crippen LogP) is -2.87.